The largest absolute Gasteiger partial charge is 0.364 e. The van der Waals surface area contributed by atoms with Crippen LogP contribution in [0.5, 0.6) is 0 Å². The first-order valence-corrected chi connectivity index (χ1v) is 14.0. The van der Waals surface area contributed by atoms with Gasteiger partial charge in [-0.05, 0) is 81.1 Å². The molecule has 3 aromatic rings. The van der Waals surface area contributed by atoms with Crippen LogP contribution >= 0.6 is 11.6 Å². The number of amides is 1. The molecule has 2 aromatic carbocycles. The van der Waals surface area contributed by atoms with Crippen LogP contribution in [0.2, 0.25) is 5.02 Å². The molecule has 4 rings (SSSR count). The Labute approximate surface area is 240 Å². The van der Waals surface area contributed by atoms with Gasteiger partial charge in [0.25, 0.3) is 5.91 Å². The average molecular weight is 565 g/mol. The second-order valence-electron chi connectivity index (χ2n) is 10.5. The van der Waals surface area contributed by atoms with Crippen molar-refractivity contribution in [3.8, 4) is 6.07 Å². The predicted molar refractivity (Wildman–Crippen MR) is 153 cm³/mol. The first-order valence-electron chi connectivity index (χ1n) is 13.6. The van der Waals surface area contributed by atoms with E-state index in [2.05, 4.69) is 28.1 Å². The number of benzene rings is 2. The highest BCUT2D eigenvalue weighted by Gasteiger charge is 2.28. The Morgan fingerprint density at radius 1 is 1.23 bits per heavy atom. The van der Waals surface area contributed by atoms with E-state index in [-0.39, 0.29) is 23.8 Å². The molecule has 1 aliphatic heterocycles. The van der Waals surface area contributed by atoms with Gasteiger partial charge in [0.05, 0.1) is 11.6 Å². The highest BCUT2D eigenvalue weighted by Crippen LogP contribution is 2.28. The summed E-state index contributed by atoms with van der Waals surface area (Å²) in [5.74, 6) is -0.471. The molecule has 40 heavy (non-hydrogen) atoms. The number of rotatable bonds is 9. The van der Waals surface area contributed by atoms with Crippen LogP contribution in [0.1, 0.15) is 58.9 Å². The van der Waals surface area contributed by atoms with E-state index in [0.717, 1.165) is 48.3 Å². The van der Waals surface area contributed by atoms with E-state index in [0.29, 0.717) is 40.5 Å². The van der Waals surface area contributed by atoms with E-state index >= 15 is 0 Å². The maximum Gasteiger partial charge on any atom is 0.258 e. The minimum absolute atomic E-state index is 0.185. The predicted octanol–water partition coefficient (Wildman–Crippen LogP) is 5.17. The van der Waals surface area contributed by atoms with Crippen LogP contribution in [0.25, 0.3) is 0 Å². The number of nitrogens with one attached hydrogen (secondary N) is 1. The lowest BCUT2D eigenvalue weighted by atomic mass is 9.99. The monoisotopic (exact) mass is 564 g/mol. The van der Waals surface area contributed by atoms with E-state index in [1.165, 1.54) is 12.3 Å². The lowest BCUT2D eigenvalue weighted by molar-refractivity contribution is -0.908. The Morgan fingerprint density at radius 2 is 1.93 bits per heavy atom. The van der Waals surface area contributed by atoms with Crippen LogP contribution in [0.3, 0.4) is 0 Å². The summed E-state index contributed by atoms with van der Waals surface area (Å²) in [5.41, 5.74) is 3.90. The molecule has 0 radical (unpaired) electrons. The molecule has 1 aliphatic rings. The van der Waals surface area contributed by atoms with Crippen LogP contribution < -0.4 is 14.9 Å². The van der Waals surface area contributed by atoms with Crippen LogP contribution in [0.15, 0.2) is 54.7 Å². The van der Waals surface area contributed by atoms with Crippen LogP contribution in [0, 0.1) is 31.0 Å². The fraction of sp³-hybridized carbons (Fsp3) is 0.387. The number of carbonyl (C=O) groups excluding carboxylic acids is 1. The molecule has 1 fully saturated rings. The highest BCUT2D eigenvalue weighted by molar-refractivity contribution is 6.30. The second kappa shape index (κ2) is 13.1. The van der Waals surface area contributed by atoms with Crippen molar-refractivity contribution in [1.82, 2.24) is 10.2 Å². The van der Waals surface area contributed by atoms with Gasteiger partial charge in [-0.15, -0.1) is 0 Å². The van der Waals surface area contributed by atoms with Crippen molar-refractivity contribution in [3.05, 3.63) is 93.5 Å². The summed E-state index contributed by atoms with van der Waals surface area (Å²) in [6, 6.07) is 16.4. The lowest BCUT2D eigenvalue weighted by Crippen LogP contribution is -2.48. The Bertz CT molecular complexity index is 1380. The number of likely N-dealkylation sites (tertiary alicyclic amines) is 1. The molecule has 0 spiro atoms. The molecular weight excluding hydrogens is 529 g/mol. The number of halogens is 2. The molecule has 210 valence electrons. The number of nitriles is 1. The summed E-state index contributed by atoms with van der Waals surface area (Å²) in [6.07, 6.45) is 4.13. The Morgan fingerprint density at radius 3 is 2.60 bits per heavy atom. The van der Waals surface area contributed by atoms with Crippen molar-refractivity contribution in [2.45, 2.75) is 58.7 Å². The second-order valence-corrected chi connectivity index (χ2v) is 10.9. The summed E-state index contributed by atoms with van der Waals surface area (Å²) in [6.45, 7) is 8.43. The van der Waals surface area contributed by atoms with Crippen LogP contribution in [-0.2, 0) is 6.54 Å². The maximum atomic E-state index is 14.7. The smallest absolute Gasteiger partial charge is 0.258 e. The van der Waals surface area contributed by atoms with Crippen molar-refractivity contribution in [1.29, 1.82) is 5.26 Å². The summed E-state index contributed by atoms with van der Waals surface area (Å²) in [5, 5.41) is 22.6. The number of aromatic nitrogens is 1. The number of nitrogens with zero attached hydrogens (tertiary/aromatic N) is 4. The van der Waals surface area contributed by atoms with Crippen molar-refractivity contribution >= 4 is 23.2 Å². The molecule has 0 aliphatic carbocycles. The summed E-state index contributed by atoms with van der Waals surface area (Å²) in [7, 11) is 0. The Kier molecular flexibility index (Phi) is 9.62. The molecule has 2 heterocycles. The van der Waals surface area contributed by atoms with Gasteiger partial charge in [-0.2, -0.15) is 5.26 Å². The standard InChI is InChI=1S/C31H35ClFN5O2/c1-21-11-17-38(40)23(3)30(21)31(39)35-14-10-22(2)36-15-12-28(13-16-36)37(27-7-4-24(19-34)5-8-27)20-25-18-26(32)6-9-29(25)33/h4-9,11,17-18,22,28H,10,12-16,20H2,1-3H3,(H-,35,39,40)/p+1. The fourth-order valence-electron chi connectivity index (χ4n) is 5.43. The molecule has 9 heteroatoms. The van der Waals surface area contributed by atoms with Crippen LogP contribution in [0.4, 0.5) is 10.1 Å². The van der Waals surface area contributed by atoms with Gasteiger partial charge in [-0.25, -0.2) is 4.39 Å². The lowest BCUT2D eigenvalue weighted by Gasteiger charge is -2.42. The van der Waals surface area contributed by atoms with Gasteiger partial charge in [0.1, 0.15) is 11.4 Å². The van der Waals surface area contributed by atoms with E-state index in [1.807, 2.05) is 19.1 Å². The maximum absolute atomic E-state index is 14.7. The third-order valence-electron chi connectivity index (χ3n) is 7.88. The number of hydrogen-bond acceptors (Lipinski definition) is 5. The first kappa shape index (κ1) is 29.3. The molecular formula is C31H36ClFN5O2+. The van der Waals surface area contributed by atoms with E-state index < -0.39 is 0 Å². The zero-order chi connectivity index (χ0) is 28.8. The SMILES string of the molecule is Cc1cc[n+](O)c(C)c1C(=O)NCCC(C)N1CCC(N(Cc2cc(Cl)ccc2F)c2ccc(C#N)cc2)CC1. The molecule has 1 amide bonds. The minimum Gasteiger partial charge on any atom is -0.364 e. The molecule has 1 saturated heterocycles. The van der Waals surface area contributed by atoms with Gasteiger partial charge in [0.15, 0.2) is 0 Å². The molecule has 1 unspecified atom stereocenters. The summed E-state index contributed by atoms with van der Waals surface area (Å²) >= 11 is 6.18. The fourth-order valence-corrected chi connectivity index (χ4v) is 5.63. The molecule has 0 saturated carbocycles. The van der Waals surface area contributed by atoms with Crippen LogP contribution in [-0.4, -0.2) is 47.7 Å². The Hall–Kier alpha value is -3.67. The third kappa shape index (κ3) is 6.90. The van der Waals surface area contributed by atoms with Gasteiger partial charge in [-0.3, -0.25) is 10.0 Å². The zero-order valence-corrected chi connectivity index (χ0v) is 24.0. The molecule has 7 nitrogen and oxygen atoms in total. The number of anilines is 1. The highest BCUT2D eigenvalue weighted by atomic mass is 35.5. The topological polar surface area (TPSA) is 83.5 Å². The average Bonchev–Trinajstić information content (AvgIpc) is 2.96. The van der Waals surface area contributed by atoms with Gasteiger partial charge in [-0.1, -0.05) is 11.6 Å². The third-order valence-corrected chi connectivity index (χ3v) is 8.12. The van der Waals surface area contributed by atoms with E-state index in [1.54, 1.807) is 37.3 Å². The van der Waals surface area contributed by atoms with Crippen molar-refractivity contribution in [3.63, 3.8) is 0 Å². The normalized spacial score (nSPS) is 14.9. The first-order chi connectivity index (χ1) is 19.2. The number of aryl methyl sites for hydroxylation is 1. The van der Waals surface area contributed by atoms with Gasteiger partial charge < -0.3 is 15.1 Å². The van der Waals surface area contributed by atoms with Gasteiger partial charge in [0, 0.05) is 72.3 Å². The van der Waals surface area contributed by atoms with E-state index in [9.17, 15) is 19.7 Å². The molecule has 1 atom stereocenters. The van der Waals surface area contributed by atoms with Crippen molar-refractivity contribution in [2.75, 3.05) is 24.5 Å². The summed E-state index contributed by atoms with van der Waals surface area (Å²) in [4.78, 5) is 17.4. The molecule has 0 bridgehead atoms. The zero-order valence-electron chi connectivity index (χ0n) is 23.2. The minimum atomic E-state index is -0.286. The number of carbonyl (C=O) groups is 1. The van der Waals surface area contributed by atoms with Gasteiger partial charge >= 0.3 is 0 Å². The van der Waals surface area contributed by atoms with Gasteiger partial charge in [0.2, 0.25) is 11.9 Å². The summed E-state index contributed by atoms with van der Waals surface area (Å²) < 4.78 is 15.6. The molecule has 1 aromatic heterocycles. The Balaban J connectivity index is 1.37. The van der Waals surface area contributed by atoms with Crippen molar-refractivity contribution < 1.29 is 19.1 Å². The molecule has 2 N–H and O–H groups in total. The quantitative estimate of drug-likeness (QED) is 0.277. The number of piperidine rings is 1. The van der Waals surface area contributed by atoms with Crippen molar-refractivity contribution in [2.24, 2.45) is 0 Å². The number of hydrogen-bond donors (Lipinski definition) is 2. The van der Waals surface area contributed by atoms with E-state index in [4.69, 9.17) is 11.6 Å². The number of pyridine rings is 1.